The first kappa shape index (κ1) is 14.9. The lowest BCUT2D eigenvalue weighted by Gasteiger charge is -2.38. The van der Waals surface area contributed by atoms with Gasteiger partial charge in [0.05, 0.1) is 18.3 Å². The van der Waals surface area contributed by atoms with Crippen LogP contribution in [-0.4, -0.2) is 49.4 Å². The summed E-state index contributed by atoms with van der Waals surface area (Å²) in [5.41, 5.74) is 1.80. The van der Waals surface area contributed by atoms with E-state index in [-0.39, 0.29) is 12.5 Å². The lowest BCUT2D eigenvalue weighted by atomic mass is 9.89. The van der Waals surface area contributed by atoms with Crippen molar-refractivity contribution in [1.82, 2.24) is 25.3 Å². The van der Waals surface area contributed by atoms with Crippen LogP contribution in [0.1, 0.15) is 34.6 Å². The number of hydrogen-bond donors (Lipinski definition) is 3. The van der Waals surface area contributed by atoms with E-state index in [1.807, 2.05) is 31.2 Å². The van der Waals surface area contributed by atoms with Crippen LogP contribution in [0.25, 0.3) is 10.9 Å². The Labute approximate surface area is 138 Å². The minimum Gasteiger partial charge on any atom is -0.382 e. The summed E-state index contributed by atoms with van der Waals surface area (Å²) in [4.78, 5) is 18.1. The largest absolute Gasteiger partial charge is 0.382 e. The van der Waals surface area contributed by atoms with Crippen LogP contribution in [0.2, 0.25) is 0 Å². The number of nitrogens with one attached hydrogen (secondary N) is 2. The molecule has 124 valence electrons. The molecule has 0 bridgehead atoms. The molecule has 7 nitrogen and oxygen atoms in total. The summed E-state index contributed by atoms with van der Waals surface area (Å²) in [5.74, 6) is -0.0634. The number of carbonyl (C=O) groups excluding carboxylic acids is 1. The van der Waals surface area contributed by atoms with Crippen molar-refractivity contribution in [2.75, 3.05) is 13.1 Å². The summed E-state index contributed by atoms with van der Waals surface area (Å²) in [5, 5.41) is 22.1. The van der Waals surface area contributed by atoms with Gasteiger partial charge in [-0.3, -0.25) is 4.79 Å². The molecule has 1 atom stereocenters. The van der Waals surface area contributed by atoms with Gasteiger partial charge >= 0.3 is 0 Å². The van der Waals surface area contributed by atoms with Crippen molar-refractivity contribution in [2.45, 2.75) is 25.4 Å². The van der Waals surface area contributed by atoms with Gasteiger partial charge in [0.15, 0.2) is 0 Å². The Kier molecular flexibility index (Phi) is 3.38. The molecule has 0 unspecified atom stereocenters. The number of fused-ring (bicyclic) bond motifs is 1. The molecule has 4 rings (SSSR count). The van der Waals surface area contributed by atoms with Gasteiger partial charge in [0.25, 0.3) is 5.91 Å². The zero-order valence-corrected chi connectivity index (χ0v) is 13.4. The van der Waals surface area contributed by atoms with Crippen molar-refractivity contribution >= 4 is 16.8 Å². The fourth-order valence-corrected chi connectivity index (χ4v) is 3.55. The molecule has 1 aliphatic rings. The van der Waals surface area contributed by atoms with E-state index in [0.29, 0.717) is 24.2 Å². The van der Waals surface area contributed by atoms with E-state index in [9.17, 15) is 9.90 Å². The predicted molar refractivity (Wildman–Crippen MR) is 88.5 cm³/mol. The van der Waals surface area contributed by atoms with E-state index in [2.05, 4.69) is 20.4 Å². The number of rotatable bonds is 2. The van der Waals surface area contributed by atoms with Crippen molar-refractivity contribution in [3.63, 3.8) is 0 Å². The quantitative estimate of drug-likeness (QED) is 0.668. The monoisotopic (exact) mass is 325 g/mol. The van der Waals surface area contributed by atoms with Gasteiger partial charge < -0.3 is 15.0 Å². The lowest BCUT2D eigenvalue weighted by Crippen LogP contribution is -2.48. The summed E-state index contributed by atoms with van der Waals surface area (Å²) in [6.45, 7) is 2.75. The average Bonchev–Trinajstić information content (AvgIpc) is 3.21. The highest BCUT2D eigenvalue weighted by molar-refractivity contribution is 6.08. The molecule has 2 aromatic heterocycles. The maximum atomic E-state index is 13.1. The number of aryl methyl sites for hydroxylation is 1. The molecule has 24 heavy (non-hydrogen) atoms. The Morgan fingerprint density at radius 3 is 3.00 bits per heavy atom. The molecule has 3 aromatic rings. The number of piperidine rings is 1. The summed E-state index contributed by atoms with van der Waals surface area (Å²) in [6.07, 6.45) is 2.80. The van der Waals surface area contributed by atoms with Gasteiger partial charge in [0.1, 0.15) is 11.3 Å². The van der Waals surface area contributed by atoms with Gasteiger partial charge in [-0.25, -0.2) is 0 Å². The Morgan fingerprint density at radius 2 is 2.21 bits per heavy atom. The van der Waals surface area contributed by atoms with Crippen molar-refractivity contribution in [3.8, 4) is 0 Å². The molecule has 3 N–H and O–H groups in total. The summed E-state index contributed by atoms with van der Waals surface area (Å²) >= 11 is 0. The second kappa shape index (κ2) is 5.45. The molecule has 1 saturated heterocycles. The molecular formula is C17H19N5O2. The average molecular weight is 325 g/mol. The first-order chi connectivity index (χ1) is 11.6. The maximum Gasteiger partial charge on any atom is 0.256 e. The zero-order chi connectivity index (χ0) is 16.7. The number of amides is 1. The fraction of sp³-hybridized carbons (Fsp3) is 0.353. The van der Waals surface area contributed by atoms with Crippen LogP contribution in [0.4, 0.5) is 0 Å². The molecular weight excluding hydrogens is 306 g/mol. The van der Waals surface area contributed by atoms with Crippen molar-refractivity contribution in [2.24, 2.45) is 0 Å². The van der Waals surface area contributed by atoms with Crippen molar-refractivity contribution < 1.29 is 9.90 Å². The summed E-state index contributed by atoms with van der Waals surface area (Å²) < 4.78 is 0. The van der Waals surface area contributed by atoms with Gasteiger partial charge in [-0.1, -0.05) is 18.2 Å². The van der Waals surface area contributed by atoms with E-state index >= 15 is 0 Å². The molecule has 0 saturated carbocycles. The van der Waals surface area contributed by atoms with Crippen molar-refractivity contribution in [3.05, 3.63) is 47.4 Å². The Morgan fingerprint density at radius 1 is 1.38 bits per heavy atom. The molecule has 1 fully saturated rings. The molecule has 0 radical (unpaired) electrons. The first-order valence-electron chi connectivity index (χ1n) is 8.04. The topological polar surface area (TPSA) is 97.9 Å². The van der Waals surface area contributed by atoms with Gasteiger partial charge in [0.2, 0.25) is 0 Å². The Bertz CT molecular complexity index is 886. The highest BCUT2D eigenvalue weighted by Gasteiger charge is 2.39. The maximum absolute atomic E-state index is 13.1. The molecule has 7 heteroatoms. The zero-order valence-electron chi connectivity index (χ0n) is 13.4. The third-order valence-electron chi connectivity index (χ3n) is 4.76. The number of aliphatic hydroxyl groups is 1. The number of aromatic amines is 2. The Balaban J connectivity index is 1.68. The number of likely N-dealkylation sites (tertiary alicyclic amines) is 1. The highest BCUT2D eigenvalue weighted by atomic mass is 16.3. The fourth-order valence-electron chi connectivity index (χ4n) is 3.55. The summed E-state index contributed by atoms with van der Waals surface area (Å²) in [6, 6.07) is 7.77. The lowest BCUT2D eigenvalue weighted by molar-refractivity contribution is -0.0320. The third kappa shape index (κ3) is 2.28. The third-order valence-corrected chi connectivity index (χ3v) is 4.76. The predicted octanol–water partition coefficient (Wildman–Crippen LogP) is 1.72. The minimum absolute atomic E-state index is 0.0634. The molecule has 1 aromatic carbocycles. The van der Waals surface area contributed by atoms with Crippen LogP contribution < -0.4 is 0 Å². The number of hydrogen-bond acceptors (Lipinski definition) is 4. The SMILES string of the molecule is Cc1[nH]c2ccccc2c1C(=O)N1CCC[C@@](O)(c2cn[nH]n2)C1. The molecule has 0 aliphatic carbocycles. The van der Waals surface area contributed by atoms with Gasteiger partial charge in [-0.2, -0.15) is 15.4 Å². The summed E-state index contributed by atoms with van der Waals surface area (Å²) in [7, 11) is 0. The number of benzene rings is 1. The number of para-hydroxylation sites is 1. The number of carbonyl (C=O) groups is 1. The molecule has 1 amide bonds. The number of β-amino-alcohol motifs (C(OH)–C–C–N with tert-alkyl or cyclic N) is 1. The van der Waals surface area contributed by atoms with E-state index in [4.69, 9.17) is 0 Å². The Hall–Kier alpha value is -2.67. The van der Waals surface area contributed by atoms with Gasteiger partial charge in [0, 0.05) is 23.1 Å². The van der Waals surface area contributed by atoms with Crippen LogP contribution in [0.3, 0.4) is 0 Å². The van der Waals surface area contributed by atoms with Crippen LogP contribution >= 0.6 is 0 Å². The van der Waals surface area contributed by atoms with E-state index < -0.39 is 5.60 Å². The van der Waals surface area contributed by atoms with Gasteiger partial charge in [-0.15, -0.1) is 0 Å². The first-order valence-corrected chi connectivity index (χ1v) is 8.04. The normalized spacial score (nSPS) is 21.3. The minimum atomic E-state index is -1.15. The van der Waals surface area contributed by atoms with E-state index in [0.717, 1.165) is 23.0 Å². The van der Waals surface area contributed by atoms with Crippen LogP contribution in [0.5, 0.6) is 0 Å². The highest BCUT2D eigenvalue weighted by Crippen LogP contribution is 2.32. The number of nitrogens with zero attached hydrogens (tertiary/aromatic N) is 3. The van der Waals surface area contributed by atoms with Crippen LogP contribution in [-0.2, 0) is 5.60 Å². The van der Waals surface area contributed by atoms with E-state index in [1.165, 1.54) is 6.20 Å². The van der Waals surface area contributed by atoms with E-state index in [1.54, 1.807) is 4.90 Å². The van der Waals surface area contributed by atoms with Crippen LogP contribution in [0, 0.1) is 6.92 Å². The van der Waals surface area contributed by atoms with Crippen molar-refractivity contribution in [1.29, 1.82) is 0 Å². The molecule has 3 heterocycles. The standard InChI is InChI=1S/C17H19N5O2/c1-11-15(12-5-2-3-6-13(12)19-11)16(23)22-8-4-7-17(24,10-22)14-9-18-21-20-14/h2-3,5-6,9,19,24H,4,7-8,10H2,1H3,(H,18,20,21)/t17-/m0/s1. The number of H-pyrrole nitrogens is 2. The van der Waals surface area contributed by atoms with Crippen LogP contribution in [0.15, 0.2) is 30.5 Å². The molecule has 0 spiro atoms. The second-order valence-electron chi connectivity index (χ2n) is 6.39. The number of aromatic nitrogens is 4. The van der Waals surface area contributed by atoms with Gasteiger partial charge in [-0.05, 0) is 25.8 Å². The smallest absolute Gasteiger partial charge is 0.256 e. The second-order valence-corrected chi connectivity index (χ2v) is 6.39. The molecule has 1 aliphatic heterocycles.